The van der Waals surface area contributed by atoms with Crippen molar-refractivity contribution in [1.29, 1.82) is 0 Å². The van der Waals surface area contributed by atoms with Gasteiger partial charge in [0.1, 0.15) is 0 Å². The molecule has 10 nitrogen and oxygen atoms in total. The van der Waals surface area contributed by atoms with Gasteiger partial charge in [0.15, 0.2) is 0 Å². The van der Waals surface area contributed by atoms with E-state index in [2.05, 4.69) is 9.97 Å². The Balaban J connectivity index is 0.00000289. The molecule has 0 spiro atoms. The third-order valence-electron chi connectivity index (χ3n) is 7.80. The Morgan fingerprint density at radius 2 is 0.818 bits per heavy atom. The van der Waals surface area contributed by atoms with Gasteiger partial charge in [-0.1, -0.05) is 6.07 Å². The molecule has 3 aromatic heterocycles. The zero-order chi connectivity index (χ0) is 28.7. The zero-order valence-corrected chi connectivity index (χ0v) is 25.1. The van der Waals surface area contributed by atoms with E-state index in [0.29, 0.717) is 56.7 Å². The SMILES string of the molecule is [Co].[O]=[Ti](=[O])[c]1cccc2c3nc4nc(nc5[nH]c(nc6nc(nc([nH]3)c12)-c1ccccc1-6)c1ccccc51)-c1ccccc1-4. The minimum atomic E-state index is -4.02. The minimum absolute atomic E-state index is 0. The molecule has 0 saturated heterocycles. The number of aromatic amines is 2. The van der Waals surface area contributed by atoms with E-state index in [1.54, 1.807) is 12.1 Å². The number of rotatable bonds is 1. The summed E-state index contributed by atoms with van der Waals surface area (Å²) in [5, 5.41) is 2.91. The number of benzene rings is 4. The fourth-order valence-corrected chi connectivity index (χ4v) is 6.94. The van der Waals surface area contributed by atoms with Crippen LogP contribution in [-0.4, -0.2) is 39.9 Å². The van der Waals surface area contributed by atoms with Crippen molar-refractivity contribution < 1.29 is 41.2 Å². The van der Waals surface area contributed by atoms with Crippen molar-refractivity contribution in [3.05, 3.63) is 91.0 Å². The van der Waals surface area contributed by atoms with Crippen LogP contribution in [0.5, 0.6) is 0 Å². The molecule has 0 aliphatic carbocycles. The molecule has 12 heteroatoms. The average molecular weight is 652 g/mol. The number of hydrogen-bond donors (Lipinski definition) is 2. The normalized spacial score (nSPS) is 11.6. The van der Waals surface area contributed by atoms with Crippen LogP contribution in [0, 0.1) is 0 Å². The van der Waals surface area contributed by atoms with Gasteiger partial charge in [0.25, 0.3) is 0 Å². The molecule has 1 radical (unpaired) electrons. The summed E-state index contributed by atoms with van der Waals surface area (Å²) in [4.78, 5) is 36.2. The van der Waals surface area contributed by atoms with E-state index in [1.807, 2.05) is 78.9 Å². The molecule has 4 aromatic carbocycles. The molecule has 7 aromatic rings. The van der Waals surface area contributed by atoms with Gasteiger partial charge in [0, 0.05) is 16.8 Å². The quantitative estimate of drug-likeness (QED) is 0.212. The topological polar surface area (TPSA) is 143 Å². The van der Waals surface area contributed by atoms with Gasteiger partial charge in [-0.25, -0.2) is 0 Å². The van der Waals surface area contributed by atoms with E-state index in [-0.39, 0.29) is 20.6 Å². The molecule has 8 bridgehead atoms. The predicted molar refractivity (Wildman–Crippen MR) is 157 cm³/mol. The van der Waals surface area contributed by atoms with Crippen LogP contribution in [0.25, 0.3) is 89.7 Å². The van der Waals surface area contributed by atoms with Crippen LogP contribution >= 0.6 is 0 Å². The average Bonchev–Trinajstić information content (AvgIpc) is 3.76. The van der Waals surface area contributed by atoms with Gasteiger partial charge in [0.05, 0.1) is 0 Å². The van der Waals surface area contributed by atoms with Crippen LogP contribution in [0.3, 0.4) is 0 Å². The number of hydrogen-bond acceptors (Lipinski definition) is 8. The zero-order valence-electron chi connectivity index (χ0n) is 22.5. The third kappa shape index (κ3) is 3.98. The molecule has 0 atom stereocenters. The summed E-state index contributed by atoms with van der Waals surface area (Å²) >= 11 is -4.02. The predicted octanol–water partition coefficient (Wildman–Crippen LogP) is 5.80. The van der Waals surface area contributed by atoms with Crippen molar-refractivity contribution in [2.24, 2.45) is 0 Å². The van der Waals surface area contributed by atoms with Gasteiger partial charge in [-0.05, 0) is 0 Å². The summed E-state index contributed by atoms with van der Waals surface area (Å²) in [5.41, 5.74) is 5.30. The van der Waals surface area contributed by atoms with Gasteiger partial charge >= 0.3 is 243 Å². The summed E-state index contributed by atoms with van der Waals surface area (Å²) < 4.78 is 25.2. The van der Waals surface area contributed by atoms with E-state index in [0.717, 1.165) is 33.0 Å². The molecule has 0 fully saturated rings. The fraction of sp³-hybridized carbons (Fsp3) is 0. The van der Waals surface area contributed by atoms with Crippen molar-refractivity contribution in [3.8, 4) is 45.6 Å². The maximum absolute atomic E-state index is 12.5. The Kier molecular flexibility index (Phi) is 6.10. The van der Waals surface area contributed by atoms with Crippen LogP contribution in [0.4, 0.5) is 0 Å². The van der Waals surface area contributed by atoms with Crippen molar-refractivity contribution >= 4 is 48.0 Å². The molecule has 9 rings (SSSR count). The van der Waals surface area contributed by atoms with E-state index in [9.17, 15) is 6.65 Å². The van der Waals surface area contributed by atoms with Crippen LogP contribution in [0.1, 0.15) is 0 Å². The second-order valence-electron chi connectivity index (χ2n) is 10.3. The monoisotopic (exact) mass is 652 g/mol. The van der Waals surface area contributed by atoms with Gasteiger partial charge in [-0.3, -0.25) is 0 Å². The van der Waals surface area contributed by atoms with Gasteiger partial charge in [-0.2, -0.15) is 0 Å². The number of nitrogens with zero attached hydrogens (tertiary/aromatic N) is 6. The van der Waals surface area contributed by atoms with Crippen LogP contribution < -0.4 is 3.87 Å². The van der Waals surface area contributed by atoms with Crippen LogP contribution in [0.15, 0.2) is 91.0 Å². The molecule has 2 aliphatic heterocycles. The number of nitrogens with one attached hydrogen (secondary N) is 2. The standard InChI is InChI=1S/C32H17N8.Co.2O.Ti/c1-2-10-18-17(9-1)25-33-26(18)38-28-21-13-5-6-14-22(21)30(35-28)40-32-24-16-8-7-15-23(24)31(36-32)39-29-20-12-4-3-11-19(20)27(34-29)37-25;;;;/h1-15H,(H2,33,34,35,36,37,38,39,40);;;;. The molecule has 0 amide bonds. The first-order chi connectivity index (χ1) is 21.1. The summed E-state index contributed by atoms with van der Waals surface area (Å²) in [6.45, 7) is 0. The first-order valence-electron chi connectivity index (χ1n) is 13.6. The molecule has 0 unspecified atom stereocenters. The first-order valence-corrected chi connectivity index (χ1v) is 15.6. The second-order valence-corrected chi connectivity index (χ2v) is 12.0. The summed E-state index contributed by atoms with van der Waals surface area (Å²) in [7, 11) is 0. The second kappa shape index (κ2) is 10.1. The van der Waals surface area contributed by atoms with Crippen LogP contribution in [-0.2, 0) is 41.2 Å². The summed E-state index contributed by atoms with van der Waals surface area (Å²) in [6, 6.07) is 28.6. The molecule has 0 saturated carbocycles. The van der Waals surface area contributed by atoms with E-state index >= 15 is 0 Å². The molecule has 44 heavy (non-hydrogen) atoms. The van der Waals surface area contributed by atoms with Crippen LogP contribution in [0.2, 0.25) is 0 Å². The Hall–Kier alpha value is -4.94. The van der Waals surface area contributed by atoms with E-state index < -0.39 is 17.8 Å². The van der Waals surface area contributed by atoms with Crippen molar-refractivity contribution in [2.75, 3.05) is 0 Å². The maximum atomic E-state index is 12.5. The summed E-state index contributed by atoms with van der Waals surface area (Å²) in [6.07, 6.45) is 0. The molecular formula is C32H17CoN8O2Ti. The molecule has 5 heterocycles. The van der Waals surface area contributed by atoms with Gasteiger partial charge in [0.2, 0.25) is 0 Å². The van der Waals surface area contributed by atoms with Crippen molar-refractivity contribution in [1.82, 2.24) is 39.9 Å². The number of H-pyrrole nitrogens is 2. The molecule has 2 N–H and O–H groups in total. The first kappa shape index (κ1) is 26.7. The van der Waals surface area contributed by atoms with Gasteiger partial charge in [-0.15, -0.1) is 0 Å². The van der Waals surface area contributed by atoms with Gasteiger partial charge < -0.3 is 0 Å². The van der Waals surface area contributed by atoms with Crippen molar-refractivity contribution in [3.63, 3.8) is 0 Å². The third-order valence-corrected chi connectivity index (χ3v) is 9.14. The molecular weight excluding hydrogens is 635 g/mol. The molecule has 210 valence electrons. The Labute approximate surface area is 264 Å². The Bertz CT molecular complexity index is 2580. The fourth-order valence-electron chi connectivity index (χ4n) is 5.86. The Morgan fingerprint density at radius 3 is 1.30 bits per heavy atom. The molecule has 2 aliphatic rings. The Morgan fingerprint density at radius 1 is 0.432 bits per heavy atom. The number of aromatic nitrogens is 8. The van der Waals surface area contributed by atoms with Crippen molar-refractivity contribution in [2.45, 2.75) is 0 Å². The van der Waals surface area contributed by atoms with E-state index in [1.165, 1.54) is 0 Å². The number of fused-ring (bicyclic) bond motifs is 20. The summed E-state index contributed by atoms with van der Waals surface area (Å²) in [5.74, 6) is 1.88. The van der Waals surface area contributed by atoms with E-state index in [4.69, 9.17) is 29.9 Å².